The normalized spacial score (nSPS) is 17.9. The summed E-state index contributed by atoms with van der Waals surface area (Å²) >= 11 is 0. The molecule has 5 nitrogen and oxygen atoms in total. The maximum atomic E-state index is 11.9. The molecule has 1 aromatic carbocycles. The Balaban J connectivity index is 3.14. The molecule has 1 rings (SSSR count). The molecule has 0 saturated carbocycles. The number of benzene rings is 1. The van der Waals surface area contributed by atoms with E-state index in [9.17, 15) is 15.0 Å². The van der Waals surface area contributed by atoms with Gasteiger partial charge in [0.15, 0.2) is 0 Å². The van der Waals surface area contributed by atoms with E-state index in [1.807, 2.05) is 0 Å². The van der Waals surface area contributed by atoms with Gasteiger partial charge in [0.1, 0.15) is 5.60 Å². The molecule has 112 valence electrons. The Hall–Kier alpha value is -1.59. The van der Waals surface area contributed by atoms with Crippen molar-refractivity contribution in [1.82, 2.24) is 5.32 Å². The van der Waals surface area contributed by atoms with Crippen molar-refractivity contribution < 1.29 is 26.6 Å². The first kappa shape index (κ1) is 10.2. The zero-order valence-electron chi connectivity index (χ0n) is 16.8. The largest absolute Gasteiger partial charge is 0.444 e. The van der Waals surface area contributed by atoms with E-state index in [1.54, 1.807) is 20.8 Å². The molecule has 0 saturated heterocycles. The highest BCUT2D eigenvalue weighted by atomic mass is 16.6. The van der Waals surface area contributed by atoms with Crippen molar-refractivity contribution in [2.24, 2.45) is 0 Å². The van der Waals surface area contributed by atoms with Gasteiger partial charge in [-0.25, -0.2) is 4.79 Å². The predicted octanol–water partition coefficient (Wildman–Crippen LogP) is 1.48. The number of aliphatic hydroxyl groups is 2. The number of carbonyl (C=O) groups is 1. The third kappa shape index (κ3) is 6.04. The van der Waals surface area contributed by atoms with Crippen molar-refractivity contribution in [3.8, 4) is 0 Å². The Morgan fingerprint density at radius 2 is 2.00 bits per heavy atom. The van der Waals surface area contributed by atoms with Crippen LogP contribution in [0.1, 0.15) is 33.2 Å². The van der Waals surface area contributed by atoms with Crippen molar-refractivity contribution in [3.63, 3.8) is 0 Å². The number of hydrogen-bond acceptors (Lipinski definition) is 4. The second-order valence-electron chi connectivity index (χ2n) is 5.31. The molecule has 0 spiro atoms. The van der Waals surface area contributed by atoms with Gasteiger partial charge in [-0.15, -0.1) is 0 Å². The summed E-state index contributed by atoms with van der Waals surface area (Å²) in [5.41, 5.74) is -0.852. The van der Waals surface area contributed by atoms with Crippen LogP contribution in [-0.2, 0) is 11.2 Å². The number of ether oxygens (including phenoxy) is 1. The van der Waals surface area contributed by atoms with Gasteiger partial charge in [0, 0.05) is 0 Å². The molecule has 2 atom stereocenters. The summed E-state index contributed by atoms with van der Waals surface area (Å²) in [7, 11) is 0. The van der Waals surface area contributed by atoms with E-state index in [2.05, 4.69) is 5.32 Å². The van der Waals surface area contributed by atoms with Crippen molar-refractivity contribution in [3.05, 3.63) is 35.8 Å². The van der Waals surface area contributed by atoms with Gasteiger partial charge in [-0.05, 0) is 32.8 Å². The van der Waals surface area contributed by atoms with Gasteiger partial charge in [-0.1, -0.05) is 30.2 Å². The van der Waals surface area contributed by atoms with Crippen molar-refractivity contribution in [2.75, 3.05) is 6.61 Å². The lowest BCUT2D eigenvalue weighted by atomic mass is 10.0. The quantitative estimate of drug-likeness (QED) is 0.766. The van der Waals surface area contributed by atoms with E-state index in [0.717, 1.165) is 0 Å². The van der Waals surface area contributed by atoms with Gasteiger partial charge < -0.3 is 20.3 Å². The van der Waals surface area contributed by atoms with Gasteiger partial charge >= 0.3 is 6.09 Å². The molecule has 3 N–H and O–H groups in total. The predicted molar refractivity (Wildman–Crippen MR) is 76.4 cm³/mol. The summed E-state index contributed by atoms with van der Waals surface area (Å²) in [4.78, 5) is 11.9. The van der Waals surface area contributed by atoms with Crippen LogP contribution in [0.4, 0.5) is 4.79 Å². The van der Waals surface area contributed by atoms with E-state index < -0.39 is 60.7 Å². The van der Waals surface area contributed by atoms with Crippen molar-refractivity contribution in [2.45, 2.75) is 44.9 Å². The van der Waals surface area contributed by atoms with Gasteiger partial charge in [-0.2, -0.15) is 0 Å². The van der Waals surface area contributed by atoms with Crippen LogP contribution in [0.5, 0.6) is 0 Å². The van der Waals surface area contributed by atoms with Crippen LogP contribution >= 0.6 is 0 Å². The lowest BCUT2D eigenvalue weighted by Gasteiger charge is -2.26. The van der Waals surface area contributed by atoms with Gasteiger partial charge in [0.25, 0.3) is 0 Å². The number of aliphatic hydroxyl groups excluding tert-OH is 2. The third-order valence-corrected chi connectivity index (χ3v) is 2.33. The highest BCUT2D eigenvalue weighted by Crippen LogP contribution is 2.10. The van der Waals surface area contributed by atoms with Crippen molar-refractivity contribution in [1.29, 1.82) is 0 Å². The molecule has 1 aromatic rings. The average molecular weight is 286 g/mol. The first-order valence-corrected chi connectivity index (χ1v) is 6.23. The third-order valence-electron chi connectivity index (χ3n) is 2.33. The van der Waals surface area contributed by atoms with Crippen LogP contribution in [0.15, 0.2) is 30.2 Å². The van der Waals surface area contributed by atoms with Crippen molar-refractivity contribution >= 4 is 6.09 Å². The Kier molecular flexibility index (Phi) is 3.70. The molecule has 0 radical (unpaired) electrons. The number of nitrogens with one attached hydrogen (secondary N) is 1. The SMILES string of the molecule is [2H]c1c([2H])c([2H])c(C[C@H](NC(=O)OC(C)(C)C)[C@H](O)CO)c([2H])c1[2H]. The fourth-order valence-electron chi connectivity index (χ4n) is 1.47. The zero-order valence-corrected chi connectivity index (χ0v) is 11.8. The Morgan fingerprint density at radius 3 is 2.50 bits per heavy atom. The molecule has 0 unspecified atom stereocenters. The van der Waals surface area contributed by atoms with Gasteiger partial charge in [0.05, 0.1) is 25.6 Å². The van der Waals surface area contributed by atoms with Crippen LogP contribution in [0, 0.1) is 0 Å². The molecule has 0 heterocycles. The fourth-order valence-corrected chi connectivity index (χ4v) is 1.47. The molecule has 0 aliphatic rings. The summed E-state index contributed by atoms with van der Waals surface area (Å²) < 4.78 is 43.8. The number of hydrogen-bond donors (Lipinski definition) is 3. The first-order chi connectivity index (χ1) is 11.4. The molecule has 0 aliphatic heterocycles. The van der Waals surface area contributed by atoms with E-state index in [1.165, 1.54) is 0 Å². The maximum Gasteiger partial charge on any atom is 0.407 e. The summed E-state index contributed by atoms with van der Waals surface area (Å²) in [6, 6.07) is -3.49. The van der Waals surface area contributed by atoms with Crippen LogP contribution in [-0.4, -0.2) is 40.7 Å². The van der Waals surface area contributed by atoms with Crippen LogP contribution < -0.4 is 5.32 Å². The number of alkyl carbamates (subject to hydrolysis) is 1. The van der Waals surface area contributed by atoms with Crippen LogP contribution in [0.3, 0.4) is 0 Å². The summed E-state index contributed by atoms with van der Waals surface area (Å²) in [5.74, 6) is 0. The highest BCUT2D eigenvalue weighted by Gasteiger charge is 2.24. The number of amides is 1. The van der Waals surface area contributed by atoms with E-state index in [-0.39, 0.29) is 12.0 Å². The molecule has 5 heteroatoms. The summed E-state index contributed by atoms with van der Waals surface area (Å²) in [6.45, 7) is 4.28. The Labute approximate surface area is 126 Å². The molecular weight excluding hydrogens is 258 g/mol. The Morgan fingerprint density at radius 1 is 1.40 bits per heavy atom. The minimum absolute atomic E-state index is 0.0699. The monoisotopic (exact) mass is 286 g/mol. The molecule has 0 aliphatic carbocycles. The molecule has 1 amide bonds. The maximum absolute atomic E-state index is 11.9. The molecular formula is C15H23NO4. The molecule has 0 aromatic heterocycles. The minimum Gasteiger partial charge on any atom is -0.444 e. The minimum atomic E-state index is -1.40. The van der Waals surface area contributed by atoms with Gasteiger partial charge in [0.2, 0.25) is 0 Å². The summed E-state index contributed by atoms with van der Waals surface area (Å²) in [6.07, 6.45) is -2.51. The fraction of sp³-hybridized carbons (Fsp3) is 0.533. The zero-order chi connectivity index (χ0) is 19.5. The standard InChI is InChI=1S/C15H23NO4/c1-15(2,3)20-14(19)16-12(13(18)10-17)9-11-7-5-4-6-8-11/h4-8,12-13,17-18H,9-10H2,1-3H3,(H,16,19)/t12-,13+/m0/s1/i4D,5D,6D,7D,8D. The second-order valence-corrected chi connectivity index (χ2v) is 5.31. The lowest BCUT2D eigenvalue weighted by Crippen LogP contribution is -2.48. The number of rotatable bonds is 5. The van der Waals surface area contributed by atoms with Gasteiger partial charge in [-0.3, -0.25) is 0 Å². The van der Waals surface area contributed by atoms with Crippen LogP contribution in [0.2, 0.25) is 0 Å². The highest BCUT2D eigenvalue weighted by molar-refractivity contribution is 5.68. The first-order valence-electron chi connectivity index (χ1n) is 8.73. The van der Waals surface area contributed by atoms with E-state index in [4.69, 9.17) is 11.6 Å². The summed E-state index contributed by atoms with van der Waals surface area (Å²) in [5, 5.41) is 21.5. The average Bonchev–Trinajstić information content (AvgIpc) is 2.51. The second kappa shape index (κ2) is 7.26. The number of carbonyl (C=O) groups excluding carboxylic acids is 1. The molecule has 0 bridgehead atoms. The molecule has 0 fully saturated rings. The topological polar surface area (TPSA) is 78.8 Å². The smallest absolute Gasteiger partial charge is 0.407 e. The lowest BCUT2D eigenvalue weighted by molar-refractivity contribution is 0.0320. The van der Waals surface area contributed by atoms with E-state index >= 15 is 0 Å². The van der Waals surface area contributed by atoms with E-state index in [0.29, 0.717) is 0 Å². The molecule has 20 heavy (non-hydrogen) atoms. The Bertz CT molecular complexity index is 619. The van der Waals surface area contributed by atoms with Crippen LogP contribution in [0.25, 0.3) is 0 Å².